The maximum Gasteiger partial charge on any atom is 0.407 e. The van der Waals surface area contributed by atoms with Crippen LogP contribution in [0, 0.1) is 10.4 Å². The molecule has 1 fully saturated rings. The second-order valence-electron chi connectivity index (χ2n) is 4.64. The number of hydrogen-bond donors (Lipinski definition) is 1. The number of amides is 1. The van der Waals surface area contributed by atoms with Crippen molar-refractivity contribution in [1.82, 2.24) is 5.32 Å². The molecule has 116 valence electrons. The summed E-state index contributed by atoms with van der Waals surface area (Å²) in [6.45, 7) is 0.449. The van der Waals surface area contributed by atoms with Gasteiger partial charge in [0.1, 0.15) is 11.9 Å². The lowest BCUT2D eigenvalue weighted by molar-refractivity contribution is 0.125. The van der Waals surface area contributed by atoms with Gasteiger partial charge in [-0.1, -0.05) is 12.1 Å². The lowest BCUT2D eigenvalue weighted by Crippen LogP contribution is -2.17. The monoisotopic (exact) mass is 315 g/mol. The zero-order valence-corrected chi connectivity index (χ0v) is 12.6. The fraction of sp³-hybridized carbons (Fsp3) is 0.462. The highest BCUT2D eigenvalue weighted by Gasteiger charge is 2.22. The Hall–Kier alpha value is -1.80. The number of carbonyl (C=O) groups is 1. The molecule has 0 aromatic rings. The molecule has 2 aliphatic carbocycles. The number of hydrogen-bond acceptors (Lipinski definition) is 6. The third kappa shape index (κ3) is 4.33. The van der Waals surface area contributed by atoms with Gasteiger partial charge in [-0.05, 0) is 11.3 Å². The van der Waals surface area contributed by atoms with E-state index in [9.17, 15) is 13.2 Å². The molecule has 1 unspecified atom stereocenters. The van der Waals surface area contributed by atoms with Gasteiger partial charge in [0, 0.05) is 11.6 Å². The van der Waals surface area contributed by atoms with Crippen molar-refractivity contribution < 1.29 is 26.9 Å². The zero-order valence-electron chi connectivity index (χ0n) is 11.8. The van der Waals surface area contributed by atoms with Crippen molar-refractivity contribution in [2.45, 2.75) is 12.5 Å². The van der Waals surface area contributed by atoms with Crippen LogP contribution >= 0.6 is 0 Å². The first-order chi connectivity index (χ1) is 9.89. The van der Waals surface area contributed by atoms with Gasteiger partial charge in [-0.3, -0.25) is 4.18 Å². The molecule has 1 heterocycles. The topological polar surface area (TPSA) is 90.9 Å². The van der Waals surface area contributed by atoms with Gasteiger partial charge in [0.05, 0.1) is 26.5 Å². The van der Waals surface area contributed by atoms with E-state index in [1.165, 1.54) is 10.4 Å². The predicted molar refractivity (Wildman–Crippen MR) is 74.4 cm³/mol. The largest absolute Gasteiger partial charge is 0.496 e. The molecule has 1 N–H and O–H groups in total. The highest BCUT2D eigenvalue weighted by molar-refractivity contribution is 7.85. The number of cyclic esters (lactones) is 1. The maximum atomic E-state index is 10.5. The Labute approximate surface area is 122 Å². The minimum atomic E-state index is -3.39. The standard InChI is InChI=1S/C7H6O.C6H11NO5S/c1-8-7-4-5-2-3-6(5)7;1-13(9,10)11-3-2-5-4-7-6(8)12-5/h2-4H,1H3;5H,2-4H2,1H3,(H,7,8). The highest BCUT2D eigenvalue weighted by Crippen LogP contribution is 2.22. The SMILES string of the molecule is COc1cc2ccc1=2.CS(=O)(=O)OCCC1CNC(=O)O1. The van der Waals surface area contributed by atoms with Gasteiger partial charge >= 0.3 is 6.09 Å². The first-order valence-corrected chi connectivity index (χ1v) is 8.18. The van der Waals surface area contributed by atoms with E-state index in [4.69, 9.17) is 9.47 Å². The van der Waals surface area contributed by atoms with Crippen molar-refractivity contribution in [3.05, 3.63) is 28.6 Å². The summed E-state index contributed by atoms with van der Waals surface area (Å²) in [6, 6.07) is 6.18. The smallest absolute Gasteiger partial charge is 0.407 e. The van der Waals surface area contributed by atoms with Crippen molar-refractivity contribution in [3.8, 4) is 5.75 Å². The summed E-state index contributed by atoms with van der Waals surface area (Å²) in [5, 5.41) is 5.07. The number of carbonyl (C=O) groups excluding carboxylic acids is 1. The first-order valence-electron chi connectivity index (χ1n) is 6.36. The second-order valence-corrected chi connectivity index (χ2v) is 6.28. The fourth-order valence-electron chi connectivity index (χ4n) is 1.85. The molecule has 21 heavy (non-hydrogen) atoms. The summed E-state index contributed by atoms with van der Waals surface area (Å²) in [7, 11) is -1.69. The molecular weight excluding hydrogens is 298 g/mol. The van der Waals surface area contributed by atoms with Crippen LogP contribution in [0.15, 0.2) is 18.2 Å². The summed E-state index contributed by atoms with van der Waals surface area (Å²) in [4.78, 5) is 10.5. The molecule has 0 aromatic carbocycles. The molecule has 1 atom stereocenters. The minimum Gasteiger partial charge on any atom is -0.496 e. The van der Waals surface area contributed by atoms with Crippen LogP contribution in [-0.2, 0) is 19.0 Å². The van der Waals surface area contributed by atoms with Crippen molar-refractivity contribution >= 4 is 16.2 Å². The van der Waals surface area contributed by atoms with Crippen LogP contribution < -0.4 is 10.1 Å². The Morgan fingerprint density at radius 3 is 2.52 bits per heavy atom. The number of nitrogens with one attached hydrogen (secondary N) is 1. The molecule has 8 heteroatoms. The average molecular weight is 315 g/mol. The summed E-state index contributed by atoms with van der Waals surface area (Å²) in [5.41, 5.74) is 0. The van der Waals surface area contributed by atoms with Crippen LogP contribution in [0.2, 0.25) is 0 Å². The third-order valence-electron chi connectivity index (χ3n) is 3.00. The molecule has 3 aliphatic rings. The van der Waals surface area contributed by atoms with E-state index in [0.29, 0.717) is 13.0 Å². The Morgan fingerprint density at radius 1 is 1.43 bits per heavy atom. The Kier molecular flexibility index (Phi) is 4.69. The Morgan fingerprint density at radius 2 is 2.19 bits per heavy atom. The van der Waals surface area contributed by atoms with Gasteiger partial charge in [0.15, 0.2) is 0 Å². The quantitative estimate of drug-likeness (QED) is 0.819. The van der Waals surface area contributed by atoms with Gasteiger partial charge in [0.2, 0.25) is 0 Å². The fourth-order valence-corrected chi connectivity index (χ4v) is 2.25. The predicted octanol–water partition coefficient (Wildman–Crippen LogP) is 0.757. The Balaban J connectivity index is 0.000000170. The van der Waals surface area contributed by atoms with Gasteiger partial charge in [-0.15, -0.1) is 0 Å². The molecule has 1 saturated heterocycles. The number of alkyl carbamates (subject to hydrolysis) is 1. The minimum absolute atomic E-state index is 0.0401. The molecule has 0 aromatic heterocycles. The van der Waals surface area contributed by atoms with Gasteiger partial charge < -0.3 is 14.8 Å². The van der Waals surface area contributed by atoms with Crippen molar-refractivity contribution in [2.75, 3.05) is 26.5 Å². The van der Waals surface area contributed by atoms with E-state index in [2.05, 4.69) is 21.6 Å². The highest BCUT2D eigenvalue weighted by atomic mass is 32.2. The maximum absolute atomic E-state index is 10.5. The van der Waals surface area contributed by atoms with Crippen LogP contribution in [0.25, 0.3) is 0 Å². The molecular formula is C13H17NO6S. The van der Waals surface area contributed by atoms with Crippen LogP contribution in [-0.4, -0.2) is 47.1 Å². The van der Waals surface area contributed by atoms with Gasteiger partial charge in [0.25, 0.3) is 10.1 Å². The van der Waals surface area contributed by atoms with Crippen molar-refractivity contribution in [2.24, 2.45) is 0 Å². The number of rotatable bonds is 5. The van der Waals surface area contributed by atoms with Gasteiger partial charge in [-0.25, -0.2) is 4.79 Å². The molecule has 0 spiro atoms. The molecule has 3 rings (SSSR count). The summed E-state index contributed by atoms with van der Waals surface area (Å²) in [5.74, 6) is 1.03. The van der Waals surface area contributed by atoms with E-state index < -0.39 is 16.2 Å². The van der Waals surface area contributed by atoms with Crippen molar-refractivity contribution in [1.29, 1.82) is 0 Å². The molecule has 0 saturated carbocycles. The third-order valence-corrected chi connectivity index (χ3v) is 3.59. The van der Waals surface area contributed by atoms with Crippen LogP contribution in [0.4, 0.5) is 4.79 Å². The molecule has 0 bridgehead atoms. The van der Waals surface area contributed by atoms with Crippen LogP contribution in [0.5, 0.6) is 5.75 Å². The van der Waals surface area contributed by atoms with Crippen LogP contribution in [0.1, 0.15) is 6.42 Å². The summed E-state index contributed by atoms with van der Waals surface area (Å²) >= 11 is 0. The van der Waals surface area contributed by atoms with E-state index in [1.54, 1.807) is 7.11 Å². The number of methoxy groups -OCH3 is 1. The van der Waals surface area contributed by atoms with E-state index in [1.807, 2.05) is 6.07 Å². The normalized spacial score (nSPS) is 18.2. The van der Waals surface area contributed by atoms with Gasteiger partial charge in [-0.2, -0.15) is 8.42 Å². The molecule has 7 nitrogen and oxygen atoms in total. The Bertz CT molecular complexity index is 715. The second kappa shape index (κ2) is 6.31. The van der Waals surface area contributed by atoms with E-state index in [-0.39, 0.29) is 12.7 Å². The zero-order chi connectivity index (χ0) is 15.5. The molecule has 1 amide bonds. The number of benzene rings is 1. The average Bonchev–Trinajstić information content (AvgIpc) is 2.78. The molecule has 0 radical (unpaired) electrons. The lowest BCUT2D eigenvalue weighted by atomic mass is 10.1. The summed E-state index contributed by atoms with van der Waals surface area (Å²) < 4.78 is 35.3. The summed E-state index contributed by atoms with van der Waals surface area (Å²) in [6.07, 6.45) is 0.608. The number of ether oxygens (including phenoxy) is 2. The van der Waals surface area contributed by atoms with Crippen molar-refractivity contribution in [3.63, 3.8) is 0 Å². The lowest BCUT2D eigenvalue weighted by Gasteiger charge is -2.08. The van der Waals surface area contributed by atoms with E-state index in [0.717, 1.165) is 12.0 Å². The first kappa shape index (κ1) is 15.6. The van der Waals surface area contributed by atoms with Crippen LogP contribution in [0.3, 0.4) is 0 Å². The molecule has 1 aliphatic heterocycles. The van der Waals surface area contributed by atoms with E-state index >= 15 is 0 Å².